The van der Waals surface area contributed by atoms with Gasteiger partial charge in [0, 0.05) is 37.3 Å². The second-order valence-corrected chi connectivity index (χ2v) is 7.12. The van der Waals surface area contributed by atoms with Crippen molar-refractivity contribution in [2.45, 2.75) is 50.5 Å². The van der Waals surface area contributed by atoms with E-state index in [9.17, 15) is 9.59 Å². The number of aromatic amines is 2. The average Bonchev–Trinajstić information content (AvgIpc) is 3.35. The Morgan fingerprint density at radius 1 is 1.23 bits per heavy atom. The molecule has 138 valence electrons. The van der Waals surface area contributed by atoms with Crippen molar-refractivity contribution in [1.82, 2.24) is 30.4 Å². The molecule has 2 aliphatic rings. The van der Waals surface area contributed by atoms with Crippen LogP contribution in [0.25, 0.3) is 0 Å². The third-order valence-corrected chi connectivity index (χ3v) is 5.47. The number of carbonyl (C=O) groups is 2. The second-order valence-electron chi connectivity index (χ2n) is 7.12. The molecule has 0 aromatic carbocycles. The number of imidazole rings is 1. The lowest BCUT2D eigenvalue weighted by molar-refractivity contribution is -0.127. The number of piperazine rings is 1. The maximum atomic E-state index is 13.3. The first-order valence-electron chi connectivity index (χ1n) is 9.33. The van der Waals surface area contributed by atoms with Gasteiger partial charge in [-0.1, -0.05) is 19.3 Å². The number of rotatable bonds is 4. The zero-order chi connectivity index (χ0) is 17.9. The minimum Gasteiger partial charge on any atom is -0.353 e. The minimum atomic E-state index is -0.536. The lowest BCUT2D eigenvalue weighted by atomic mass is 9.85. The Morgan fingerprint density at radius 3 is 2.85 bits per heavy atom. The maximum absolute atomic E-state index is 13.3. The Kier molecular flexibility index (Phi) is 4.73. The van der Waals surface area contributed by atoms with E-state index in [2.05, 4.69) is 25.5 Å². The summed E-state index contributed by atoms with van der Waals surface area (Å²) in [7, 11) is 0. The third-order valence-electron chi connectivity index (χ3n) is 5.47. The Hall–Kier alpha value is -2.64. The van der Waals surface area contributed by atoms with Crippen molar-refractivity contribution in [3.8, 4) is 0 Å². The Balaban J connectivity index is 1.57. The van der Waals surface area contributed by atoms with Crippen LogP contribution in [0.5, 0.6) is 0 Å². The molecule has 4 rings (SSSR count). The number of H-pyrrole nitrogens is 2. The molecule has 2 aromatic rings. The molecule has 0 unspecified atom stereocenters. The van der Waals surface area contributed by atoms with E-state index in [0.29, 0.717) is 31.0 Å². The van der Waals surface area contributed by atoms with Crippen molar-refractivity contribution in [2.75, 3.05) is 13.1 Å². The number of nitrogens with one attached hydrogen (secondary N) is 3. The van der Waals surface area contributed by atoms with Crippen molar-refractivity contribution >= 4 is 11.8 Å². The largest absolute Gasteiger partial charge is 0.353 e. The zero-order valence-corrected chi connectivity index (χ0v) is 14.7. The fourth-order valence-corrected chi connectivity index (χ4v) is 4.09. The Bertz CT molecular complexity index is 763. The Morgan fingerprint density at radius 2 is 2.08 bits per heavy atom. The summed E-state index contributed by atoms with van der Waals surface area (Å²) in [6.07, 6.45) is 11.1. The molecule has 1 saturated carbocycles. The number of hydrogen-bond acceptors (Lipinski definition) is 4. The molecule has 2 fully saturated rings. The summed E-state index contributed by atoms with van der Waals surface area (Å²) >= 11 is 0. The van der Waals surface area contributed by atoms with E-state index >= 15 is 0 Å². The quantitative estimate of drug-likeness (QED) is 0.769. The summed E-state index contributed by atoms with van der Waals surface area (Å²) in [4.78, 5) is 34.4. The normalized spacial score (nSPS) is 21.6. The molecular formula is C18H24N6O2. The molecule has 26 heavy (non-hydrogen) atoms. The molecule has 8 heteroatoms. The van der Waals surface area contributed by atoms with Crippen LogP contribution >= 0.6 is 0 Å². The van der Waals surface area contributed by atoms with Crippen LogP contribution in [0.1, 0.15) is 59.8 Å². The van der Waals surface area contributed by atoms with Gasteiger partial charge in [0.2, 0.25) is 5.91 Å². The van der Waals surface area contributed by atoms with Crippen molar-refractivity contribution in [3.05, 3.63) is 35.7 Å². The monoisotopic (exact) mass is 356 g/mol. The standard InChI is InChI=1S/C18H24N6O2/c25-17-15(8-13-9-19-11-21-13)24(7-6-20-17)18(26)14-10-22-23-16(14)12-4-2-1-3-5-12/h9-12,15H,1-8H2,(H,19,21)(H,20,25)(H,22,23)/t15-/m0/s1. The van der Waals surface area contributed by atoms with Crippen LogP contribution in [0.4, 0.5) is 0 Å². The van der Waals surface area contributed by atoms with Crippen molar-refractivity contribution in [2.24, 2.45) is 0 Å². The Labute approximate surface area is 151 Å². The van der Waals surface area contributed by atoms with E-state index in [-0.39, 0.29) is 11.8 Å². The van der Waals surface area contributed by atoms with Gasteiger partial charge in [0.25, 0.3) is 5.91 Å². The summed E-state index contributed by atoms with van der Waals surface area (Å²) < 4.78 is 0. The van der Waals surface area contributed by atoms with Crippen LogP contribution in [-0.2, 0) is 11.2 Å². The van der Waals surface area contributed by atoms with E-state index in [0.717, 1.165) is 24.2 Å². The van der Waals surface area contributed by atoms with E-state index in [1.165, 1.54) is 19.3 Å². The maximum Gasteiger partial charge on any atom is 0.258 e. The van der Waals surface area contributed by atoms with E-state index in [4.69, 9.17) is 0 Å². The van der Waals surface area contributed by atoms with Crippen LogP contribution in [-0.4, -0.2) is 56.0 Å². The summed E-state index contributed by atoms with van der Waals surface area (Å²) in [5.74, 6) is 0.121. The van der Waals surface area contributed by atoms with E-state index < -0.39 is 6.04 Å². The second kappa shape index (κ2) is 7.31. The van der Waals surface area contributed by atoms with Gasteiger partial charge in [-0.15, -0.1) is 0 Å². The van der Waals surface area contributed by atoms with Crippen LogP contribution in [0.2, 0.25) is 0 Å². The van der Waals surface area contributed by atoms with Gasteiger partial charge in [0.15, 0.2) is 0 Å². The molecule has 1 aliphatic heterocycles. The molecule has 0 spiro atoms. The molecule has 1 saturated heterocycles. The van der Waals surface area contributed by atoms with Crippen molar-refractivity contribution in [1.29, 1.82) is 0 Å². The lowest BCUT2D eigenvalue weighted by Crippen LogP contribution is -2.58. The summed E-state index contributed by atoms with van der Waals surface area (Å²) in [6.45, 7) is 0.972. The average molecular weight is 356 g/mol. The highest BCUT2D eigenvalue weighted by Gasteiger charge is 2.36. The number of nitrogens with zero attached hydrogens (tertiary/aromatic N) is 3. The van der Waals surface area contributed by atoms with Gasteiger partial charge in [-0.2, -0.15) is 5.10 Å². The van der Waals surface area contributed by atoms with Gasteiger partial charge in [0.1, 0.15) is 6.04 Å². The highest BCUT2D eigenvalue weighted by molar-refractivity contribution is 5.99. The van der Waals surface area contributed by atoms with Gasteiger partial charge >= 0.3 is 0 Å². The molecule has 3 heterocycles. The van der Waals surface area contributed by atoms with Gasteiger partial charge in [0.05, 0.1) is 23.8 Å². The third kappa shape index (κ3) is 3.23. The first kappa shape index (κ1) is 16.8. The first-order chi connectivity index (χ1) is 12.7. The van der Waals surface area contributed by atoms with Crippen LogP contribution < -0.4 is 5.32 Å². The molecule has 0 bridgehead atoms. The topological polar surface area (TPSA) is 107 Å². The van der Waals surface area contributed by atoms with Gasteiger partial charge in [-0.25, -0.2) is 4.98 Å². The zero-order valence-electron chi connectivity index (χ0n) is 14.7. The van der Waals surface area contributed by atoms with Crippen LogP contribution in [0, 0.1) is 0 Å². The first-order valence-corrected chi connectivity index (χ1v) is 9.33. The minimum absolute atomic E-state index is 0.112. The van der Waals surface area contributed by atoms with Crippen LogP contribution in [0.15, 0.2) is 18.7 Å². The predicted octanol–water partition coefficient (Wildman–Crippen LogP) is 1.36. The van der Waals surface area contributed by atoms with Crippen molar-refractivity contribution in [3.63, 3.8) is 0 Å². The molecule has 8 nitrogen and oxygen atoms in total. The fourth-order valence-electron chi connectivity index (χ4n) is 4.09. The highest BCUT2D eigenvalue weighted by Crippen LogP contribution is 2.33. The van der Waals surface area contributed by atoms with E-state index in [1.54, 1.807) is 23.6 Å². The van der Waals surface area contributed by atoms with Gasteiger partial charge in [-0.3, -0.25) is 14.7 Å². The molecular weight excluding hydrogens is 332 g/mol. The molecule has 3 N–H and O–H groups in total. The van der Waals surface area contributed by atoms with Gasteiger partial charge < -0.3 is 15.2 Å². The molecule has 1 atom stereocenters. The number of amides is 2. The molecule has 2 aromatic heterocycles. The smallest absolute Gasteiger partial charge is 0.258 e. The van der Waals surface area contributed by atoms with Crippen molar-refractivity contribution < 1.29 is 9.59 Å². The summed E-state index contributed by atoms with van der Waals surface area (Å²) in [5, 5.41) is 10.1. The summed E-state index contributed by atoms with van der Waals surface area (Å²) in [6, 6.07) is -0.536. The van der Waals surface area contributed by atoms with Crippen LogP contribution in [0.3, 0.4) is 0 Å². The number of carbonyl (C=O) groups excluding carboxylic acids is 2. The number of aromatic nitrogens is 4. The predicted molar refractivity (Wildman–Crippen MR) is 94.5 cm³/mol. The number of hydrogen-bond donors (Lipinski definition) is 3. The fraction of sp³-hybridized carbons (Fsp3) is 0.556. The van der Waals surface area contributed by atoms with E-state index in [1.807, 2.05) is 0 Å². The van der Waals surface area contributed by atoms with Gasteiger partial charge in [-0.05, 0) is 12.8 Å². The molecule has 2 amide bonds. The SMILES string of the molecule is O=C1NCCN(C(=O)c2cn[nH]c2C2CCCCC2)[C@H]1Cc1cnc[nH]1. The molecule has 0 radical (unpaired) electrons. The lowest BCUT2D eigenvalue weighted by Gasteiger charge is -2.35. The highest BCUT2D eigenvalue weighted by atomic mass is 16.2. The molecule has 1 aliphatic carbocycles. The summed E-state index contributed by atoms with van der Waals surface area (Å²) in [5.41, 5.74) is 2.38.